The summed E-state index contributed by atoms with van der Waals surface area (Å²) in [6.07, 6.45) is 5.74. The lowest BCUT2D eigenvalue weighted by Crippen LogP contribution is -2.64. The fraction of sp³-hybridized carbons (Fsp3) is 0.526. The van der Waals surface area contributed by atoms with E-state index in [1.807, 2.05) is 0 Å². The molecule has 0 amide bonds. The van der Waals surface area contributed by atoms with Gasteiger partial charge in [0.05, 0.1) is 17.7 Å². The maximum atomic E-state index is 13.0. The van der Waals surface area contributed by atoms with Crippen molar-refractivity contribution in [2.75, 3.05) is 6.54 Å². The second-order valence-corrected chi connectivity index (χ2v) is 7.65. The van der Waals surface area contributed by atoms with E-state index >= 15 is 0 Å². The average molecular weight is 390 g/mol. The van der Waals surface area contributed by atoms with Crippen LogP contribution in [0.2, 0.25) is 0 Å². The Morgan fingerprint density at radius 1 is 1.21 bits per heavy atom. The van der Waals surface area contributed by atoms with Gasteiger partial charge in [0.2, 0.25) is 0 Å². The van der Waals surface area contributed by atoms with E-state index in [0.29, 0.717) is 37.3 Å². The standard InChI is InChI=1S/C19H27FN6O2/c20-16-7-5-15(6-8-16)11-23-18-24-12-17(26(27)28)19(22,25-18)9-13-1-3-14(10-21)4-2-13/h5-8,12-14H,1-4,9-11,21-22H2,(H2,23,24,25). The highest BCUT2D eigenvalue weighted by atomic mass is 19.1. The first-order chi connectivity index (χ1) is 13.4. The zero-order chi connectivity index (χ0) is 20.1. The molecule has 1 aliphatic heterocycles. The Bertz CT molecular complexity index is 758. The van der Waals surface area contributed by atoms with E-state index in [9.17, 15) is 14.5 Å². The van der Waals surface area contributed by atoms with E-state index in [4.69, 9.17) is 11.5 Å². The second-order valence-electron chi connectivity index (χ2n) is 7.65. The smallest absolute Gasteiger partial charge is 0.301 e. The summed E-state index contributed by atoms with van der Waals surface area (Å²) in [6, 6.07) is 6.03. The summed E-state index contributed by atoms with van der Waals surface area (Å²) < 4.78 is 13.0. The van der Waals surface area contributed by atoms with Crippen molar-refractivity contribution in [2.45, 2.75) is 44.3 Å². The van der Waals surface area contributed by atoms with Gasteiger partial charge in [-0.15, -0.1) is 0 Å². The van der Waals surface area contributed by atoms with Crippen LogP contribution in [0.4, 0.5) is 4.39 Å². The quantitative estimate of drug-likeness (QED) is 0.433. The number of aliphatic imine (C=N–C) groups is 1. The van der Waals surface area contributed by atoms with Gasteiger partial charge in [-0.2, -0.15) is 0 Å². The molecule has 1 atom stereocenters. The molecule has 1 saturated carbocycles. The zero-order valence-corrected chi connectivity index (χ0v) is 15.7. The first kappa shape index (κ1) is 20.2. The van der Waals surface area contributed by atoms with E-state index in [0.717, 1.165) is 31.2 Å². The first-order valence-corrected chi connectivity index (χ1v) is 9.57. The Hall–Kier alpha value is -2.52. The topological polar surface area (TPSA) is 132 Å². The van der Waals surface area contributed by atoms with Crippen LogP contribution in [0.25, 0.3) is 0 Å². The molecule has 0 aromatic heterocycles. The van der Waals surface area contributed by atoms with Crippen LogP contribution < -0.4 is 22.1 Å². The Balaban J connectivity index is 1.71. The minimum atomic E-state index is -1.30. The van der Waals surface area contributed by atoms with Crippen molar-refractivity contribution in [3.63, 3.8) is 0 Å². The van der Waals surface area contributed by atoms with Crippen molar-refractivity contribution in [1.82, 2.24) is 10.6 Å². The molecule has 1 fully saturated rings. The summed E-state index contributed by atoms with van der Waals surface area (Å²) in [6.45, 7) is 0.984. The van der Waals surface area contributed by atoms with Gasteiger partial charge in [-0.3, -0.25) is 15.8 Å². The molecule has 9 heteroatoms. The Kier molecular flexibility index (Phi) is 6.25. The fourth-order valence-electron chi connectivity index (χ4n) is 3.92. The van der Waals surface area contributed by atoms with Crippen molar-refractivity contribution in [3.8, 4) is 0 Å². The van der Waals surface area contributed by atoms with E-state index in [1.165, 1.54) is 18.3 Å². The molecule has 3 rings (SSSR count). The molecule has 1 aliphatic carbocycles. The molecule has 0 radical (unpaired) electrons. The molecule has 1 heterocycles. The highest BCUT2D eigenvalue weighted by Gasteiger charge is 2.44. The van der Waals surface area contributed by atoms with Crippen LogP contribution in [-0.4, -0.2) is 23.1 Å². The van der Waals surface area contributed by atoms with Crippen molar-refractivity contribution in [3.05, 3.63) is 57.7 Å². The van der Waals surface area contributed by atoms with Gasteiger partial charge in [-0.1, -0.05) is 12.1 Å². The molecule has 1 aromatic carbocycles. The third kappa shape index (κ3) is 4.85. The largest absolute Gasteiger partial charge is 0.330 e. The van der Waals surface area contributed by atoms with E-state index in [1.54, 1.807) is 12.1 Å². The van der Waals surface area contributed by atoms with E-state index in [-0.39, 0.29) is 11.5 Å². The van der Waals surface area contributed by atoms with Crippen molar-refractivity contribution >= 4 is 5.96 Å². The summed E-state index contributed by atoms with van der Waals surface area (Å²) in [5, 5.41) is 17.3. The van der Waals surface area contributed by atoms with Crippen LogP contribution in [0.1, 0.15) is 37.7 Å². The van der Waals surface area contributed by atoms with Crippen molar-refractivity contribution < 1.29 is 9.31 Å². The van der Waals surface area contributed by atoms with Gasteiger partial charge < -0.3 is 16.4 Å². The minimum absolute atomic E-state index is 0.103. The maximum Gasteiger partial charge on any atom is 0.301 e. The fourth-order valence-corrected chi connectivity index (χ4v) is 3.92. The van der Waals surface area contributed by atoms with Crippen LogP contribution in [0.15, 0.2) is 41.2 Å². The monoisotopic (exact) mass is 390 g/mol. The predicted molar refractivity (Wildman–Crippen MR) is 105 cm³/mol. The van der Waals surface area contributed by atoms with Crippen LogP contribution in [0.3, 0.4) is 0 Å². The molecule has 0 bridgehead atoms. The van der Waals surface area contributed by atoms with Gasteiger partial charge in [0, 0.05) is 0 Å². The molecule has 0 spiro atoms. The van der Waals surface area contributed by atoms with E-state index < -0.39 is 10.6 Å². The Morgan fingerprint density at radius 2 is 1.86 bits per heavy atom. The maximum absolute atomic E-state index is 13.0. The molecular weight excluding hydrogens is 363 g/mol. The highest BCUT2D eigenvalue weighted by molar-refractivity contribution is 5.83. The summed E-state index contributed by atoms with van der Waals surface area (Å²) in [7, 11) is 0. The van der Waals surface area contributed by atoms with Crippen LogP contribution in [-0.2, 0) is 6.54 Å². The van der Waals surface area contributed by atoms with Gasteiger partial charge in [0.1, 0.15) is 5.82 Å². The van der Waals surface area contributed by atoms with Crippen LogP contribution >= 0.6 is 0 Å². The summed E-state index contributed by atoms with van der Waals surface area (Å²) in [5.41, 5.74) is 11.6. The molecule has 28 heavy (non-hydrogen) atoms. The van der Waals surface area contributed by atoms with Gasteiger partial charge in [-0.25, -0.2) is 9.38 Å². The predicted octanol–water partition coefficient (Wildman–Crippen LogP) is 1.80. The number of nitro groups is 1. The third-order valence-corrected chi connectivity index (χ3v) is 5.58. The molecule has 1 unspecified atom stereocenters. The molecular formula is C19H27FN6O2. The summed E-state index contributed by atoms with van der Waals surface area (Å²) in [4.78, 5) is 15.5. The van der Waals surface area contributed by atoms with E-state index in [2.05, 4.69) is 15.6 Å². The number of nitrogens with zero attached hydrogens (tertiary/aromatic N) is 2. The molecule has 6 N–H and O–H groups in total. The van der Waals surface area contributed by atoms with Gasteiger partial charge in [0.15, 0.2) is 11.6 Å². The van der Waals surface area contributed by atoms with Crippen LogP contribution in [0.5, 0.6) is 0 Å². The number of benzene rings is 1. The summed E-state index contributed by atoms with van der Waals surface area (Å²) >= 11 is 0. The second kappa shape index (κ2) is 8.66. The van der Waals surface area contributed by atoms with Crippen molar-refractivity contribution in [1.29, 1.82) is 0 Å². The normalized spacial score (nSPS) is 29.0. The lowest BCUT2D eigenvalue weighted by molar-refractivity contribution is -0.437. The van der Waals surface area contributed by atoms with Crippen LogP contribution in [0, 0.1) is 27.8 Å². The lowest BCUT2D eigenvalue weighted by Gasteiger charge is -2.37. The minimum Gasteiger partial charge on any atom is -0.330 e. The highest BCUT2D eigenvalue weighted by Crippen LogP contribution is 2.34. The lowest BCUT2D eigenvalue weighted by atomic mass is 9.77. The number of rotatable bonds is 6. The number of guanidine groups is 1. The van der Waals surface area contributed by atoms with Gasteiger partial charge in [-0.05, 0) is 68.2 Å². The first-order valence-electron chi connectivity index (χ1n) is 9.57. The zero-order valence-electron chi connectivity index (χ0n) is 15.7. The molecule has 0 saturated heterocycles. The number of nitrogens with one attached hydrogen (secondary N) is 2. The number of hydrogen-bond acceptors (Lipinski definition) is 5. The third-order valence-electron chi connectivity index (χ3n) is 5.58. The van der Waals surface area contributed by atoms with Gasteiger partial charge >= 0.3 is 5.70 Å². The van der Waals surface area contributed by atoms with Crippen molar-refractivity contribution in [2.24, 2.45) is 28.3 Å². The number of hydrogen-bond donors (Lipinski definition) is 4. The Morgan fingerprint density at radius 3 is 2.46 bits per heavy atom. The Labute approximate surface area is 163 Å². The number of halogens is 1. The molecule has 2 aliphatic rings. The molecule has 8 nitrogen and oxygen atoms in total. The SMILES string of the molecule is NCC1CCC(CC2(N)NC(=NCc3ccc(F)cc3)NC=C2[N+](=O)[O-])CC1. The molecule has 152 valence electrons. The molecule has 1 aromatic rings. The van der Waals surface area contributed by atoms with Gasteiger partial charge in [0.25, 0.3) is 0 Å². The average Bonchev–Trinajstić information content (AvgIpc) is 2.67. The summed E-state index contributed by atoms with van der Waals surface area (Å²) in [5.74, 6) is 0.881. The number of nitrogens with two attached hydrogens (primary N) is 2.